The van der Waals surface area contributed by atoms with E-state index in [9.17, 15) is 9.59 Å². The number of carbonyl (C=O) groups excluding carboxylic acids is 2. The number of aromatic nitrogens is 4. The Morgan fingerprint density at radius 3 is 2.03 bits per heavy atom. The van der Waals surface area contributed by atoms with Crippen molar-refractivity contribution >= 4 is 17.9 Å². The van der Waals surface area contributed by atoms with Crippen LogP contribution >= 0.6 is 0 Å². The number of carbonyl (C=O) groups is 2. The van der Waals surface area contributed by atoms with Crippen LogP contribution < -0.4 is 10.6 Å². The Hall–Kier alpha value is -5.31. The van der Waals surface area contributed by atoms with Crippen LogP contribution in [0.15, 0.2) is 114 Å². The van der Waals surface area contributed by atoms with Gasteiger partial charge in [0.2, 0.25) is 0 Å². The van der Waals surface area contributed by atoms with Crippen LogP contribution in [0.3, 0.4) is 0 Å². The average Bonchev–Trinajstić information content (AvgIpc) is 3.65. The van der Waals surface area contributed by atoms with Crippen LogP contribution in [0.5, 0.6) is 0 Å². The minimum Gasteiger partial charge on any atom is -0.463 e. The molecule has 0 unspecified atom stereocenters. The number of hydrogen-bond donors (Lipinski definition) is 2. The van der Waals surface area contributed by atoms with Gasteiger partial charge in [-0.05, 0) is 53.6 Å². The Morgan fingerprint density at radius 2 is 1.47 bits per heavy atom. The van der Waals surface area contributed by atoms with Crippen molar-refractivity contribution < 1.29 is 14.0 Å². The van der Waals surface area contributed by atoms with Gasteiger partial charge in [-0.25, -0.2) is 4.68 Å². The highest BCUT2D eigenvalue weighted by Crippen LogP contribution is 2.26. The number of amides is 2. The molecular formula is C29H24N6O3. The lowest BCUT2D eigenvalue weighted by atomic mass is 10.1. The van der Waals surface area contributed by atoms with Crippen LogP contribution in [-0.2, 0) is 22.7 Å². The fourth-order valence-electron chi connectivity index (χ4n) is 3.76. The van der Waals surface area contributed by atoms with E-state index >= 15 is 0 Å². The van der Waals surface area contributed by atoms with Gasteiger partial charge in [0.1, 0.15) is 11.3 Å². The molecule has 1 aromatic carbocycles. The van der Waals surface area contributed by atoms with Gasteiger partial charge in [0.25, 0.3) is 11.8 Å². The number of furan rings is 1. The Labute approximate surface area is 218 Å². The molecule has 4 heterocycles. The molecule has 0 atom stereocenters. The molecule has 0 radical (unpaired) electrons. The summed E-state index contributed by atoms with van der Waals surface area (Å²) in [6, 6.07) is 20.3. The zero-order valence-electron chi connectivity index (χ0n) is 20.3. The van der Waals surface area contributed by atoms with E-state index in [-0.39, 0.29) is 18.7 Å². The minimum atomic E-state index is -0.532. The van der Waals surface area contributed by atoms with E-state index in [0.717, 1.165) is 16.8 Å². The Kier molecular flexibility index (Phi) is 7.46. The van der Waals surface area contributed by atoms with E-state index in [2.05, 4.69) is 25.7 Å². The van der Waals surface area contributed by atoms with Gasteiger partial charge >= 0.3 is 0 Å². The van der Waals surface area contributed by atoms with E-state index in [4.69, 9.17) is 4.42 Å². The predicted octanol–water partition coefficient (Wildman–Crippen LogP) is 3.94. The second-order valence-electron chi connectivity index (χ2n) is 8.34. The summed E-state index contributed by atoms with van der Waals surface area (Å²) in [6.45, 7) is 0.433. The molecule has 0 saturated carbocycles. The first-order chi connectivity index (χ1) is 18.7. The molecule has 38 heavy (non-hydrogen) atoms. The maximum atomic E-state index is 13.3. The van der Waals surface area contributed by atoms with E-state index in [1.807, 2.05) is 42.5 Å². The smallest absolute Gasteiger partial charge is 0.257 e. The Balaban J connectivity index is 1.49. The van der Waals surface area contributed by atoms with Crippen LogP contribution in [0.25, 0.3) is 23.2 Å². The van der Waals surface area contributed by atoms with Crippen molar-refractivity contribution in [1.82, 2.24) is 30.4 Å². The Bertz CT molecular complexity index is 1470. The first-order valence-corrected chi connectivity index (χ1v) is 11.9. The maximum absolute atomic E-state index is 13.3. The van der Waals surface area contributed by atoms with Gasteiger partial charge in [-0.1, -0.05) is 30.3 Å². The summed E-state index contributed by atoms with van der Waals surface area (Å²) in [6.07, 6.45) is 11.5. The van der Waals surface area contributed by atoms with Crippen molar-refractivity contribution in [1.29, 1.82) is 0 Å². The van der Waals surface area contributed by atoms with E-state index in [1.165, 1.54) is 6.08 Å². The number of nitrogens with one attached hydrogen (secondary N) is 2. The van der Waals surface area contributed by atoms with Crippen molar-refractivity contribution in [3.8, 4) is 17.1 Å². The van der Waals surface area contributed by atoms with Gasteiger partial charge in [0.15, 0.2) is 5.76 Å². The third-order valence-corrected chi connectivity index (χ3v) is 5.66. The van der Waals surface area contributed by atoms with E-state index < -0.39 is 11.8 Å². The van der Waals surface area contributed by atoms with Crippen LogP contribution in [0.2, 0.25) is 0 Å². The highest BCUT2D eigenvalue weighted by Gasteiger charge is 2.21. The predicted molar refractivity (Wildman–Crippen MR) is 141 cm³/mol. The summed E-state index contributed by atoms with van der Waals surface area (Å²) in [4.78, 5) is 34.8. The zero-order chi connectivity index (χ0) is 26.2. The first-order valence-electron chi connectivity index (χ1n) is 11.9. The van der Waals surface area contributed by atoms with Gasteiger partial charge < -0.3 is 15.1 Å². The molecule has 0 spiro atoms. The number of hydrogen-bond acceptors (Lipinski definition) is 6. The van der Waals surface area contributed by atoms with Gasteiger partial charge in [-0.2, -0.15) is 5.10 Å². The number of nitrogens with zero attached hydrogens (tertiary/aromatic N) is 4. The van der Waals surface area contributed by atoms with Crippen molar-refractivity contribution in [3.63, 3.8) is 0 Å². The normalized spacial score (nSPS) is 10.5. The maximum Gasteiger partial charge on any atom is 0.257 e. The monoisotopic (exact) mass is 504 g/mol. The summed E-state index contributed by atoms with van der Waals surface area (Å²) in [7, 11) is 0. The molecule has 0 saturated heterocycles. The largest absolute Gasteiger partial charge is 0.463 e. The fourth-order valence-corrected chi connectivity index (χ4v) is 3.76. The number of para-hydroxylation sites is 1. The van der Waals surface area contributed by atoms with Crippen LogP contribution in [0, 0.1) is 0 Å². The number of benzene rings is 1. The van der Waals surface area contributed by atoms with Crippen LogP contribution in [0.4, 0.5) is 0 Å². The van der Waals surface area contributed by atoms with Gasteiger partial charge in [0, 0.05) is 49.6 Å². The first kappa shape index (κ1) is 24.4. The van der Waals surface area contributed by atoms with Gasteiger partial charge in [-0.15, -0.1) is 0 Å². The lowest BCUT2D eigenvalue weighted by Crippen LogP contribution is -2.34. The van der Waals surface area contributed by atoms with Gasteiger partial charge in [-0.3, -0.25) is 19.6 Å². The minimum absolute atomic E-state index is 0.0711. The molecule has 5 rings (SSSR count). The van der Waals surface area contributed by atoms with Gasteiger partial charge in [0.05, 0.1) is 12.0 Å². The highest BCUT2D eigenvalue weighted by atomic mass is 16.3. The second-order valence-corrected chi connectivity index (χ2v) is 8.34. The van der Waals surface area contributed by atoms with Crippen LogP contribution in [-0.4, -0.2) is 31.6 Å². The standard InChI is InChI=1S/C29H24N6O3/c36-28(32-18-21-7-4-12-30-16-21)25(29(37)33-19-22-8-5-13-31-17-22)15-23-20-35(24-9-2-1-3-10-24)34-27(23)26-11-6-14-38-26/h1-17,20H,18-19H2,(H,32,36)(H,33,37). The summed E-state index contributed by atoms with van der Waals surface area (Å²) < 4.78 is 7.29. The van der Waals surface area contributed by atoms with Crippen molar-refractivity contribution in [2.45, 2.75) is 13.1 Å². The number of rotatable bonds is 9. The quantitative estimate of drug-likeness (QED) is 0.179. The molecule has 0 aliphatic rings. The molecule has 2 N–H and O–H groups in total. The van der Waals surface area contributed by atoms with Crippen molar-refractivity contribution in [3.05, 3.63) is 126 Å². The summed E-state index contributed by atoms with van der Waals surface area (Å²) in [5.41, 5.74) is 3.42. The van der Waals surface area contributed by atoms with Crippen molar-refractivity contribution in [2.24, 2.45) is 0 Å². The molecule has 0 aliphatic carbocycles. The zero-order valence-corrected chi connectivity index (χ0v) is 20.3. The summed E-state index contributed by atoms with van der Waals surface area (Å²) in [5, 5.41) is 10.3. The topological polar surface area (TPSA) is 115 Å². The second kappa shape index (κ2) is 11.6. The third-order valence-electron chi connectivity index (χ3n) is 5.66. The average molecular weight is 505 g/mol. The highest BCUT2D eigenvalue weighted by molar-refractivity contribution is 6.21. The molecule has 0 fully saturated rings. The number of pyridine rings is 2. The SMILES string of the molecule is O=C(NCc1cccnc1)C(=Cc1cn(-c2ccccc2)nc1-c1ccco1)C(=O)NCc1cccnc1. The third kappa shape index (κ3) is 5.90. The Morgan fingerprint density at radius 1 is 0.816 bits per heavy atom. The molecule has 188 valence electrons. The van der Waals surface area contributed by atoms with Crippen molar-refractivity contribution in [2.75, 3.05) is 0 Å². The molecule has 9 nitrogen and oxygen atoms in total. The molecule has 9 heteroatoms. The van der Waals surface area contributed by atoms with E-state index in [1.54, 1.807) is 66.2 Å². The summed E-state index contributed by atoms with van der Waals surface area (Å²) in [5.74, 6) is -0.553. The molecule has 2 amide bonds. The molecule has 5 aromatic rings. The van der Waals surface area contributed by atoms with E-state index in [0.29, 0.717) is 17.0 Å². The summed E-state index contributed by atoms with van der Waals surface area (Å²) >= 11 is 0. The van der Waals surface area contributed by atoms with Crippen LogP contribution in [0.1, 0.15) is 16.7 Å². The molecule has 0 aliphatic heterocycles. The molecular weight excluding hydrogens is 480 g/mol. The molecule has 0 bridgehead atoms. The lowest BCUT2D eigenvalue weighted by Gasteiger charge is -2.10. The molecule has 4 aromatic heterocycles. The lowest BCUT2D eigenvalue weighted by molar-refractivity contribution is -0.123. The fraction of sp³-hybridized carbons (Fsp3) is 0.0690.